The topological polar surface area (TPSA) is 75.3 Å². The van der Waals surface area contributed by atoms with E-state index in [1.54, 1.807) is 11.0 Å². The van der Waals surface area contributed by atoms with Crippen LogP contribution in [0.2, 0.25) is 0 Å². The molecule has 0 atom stereocenters. The molecule has 2 aromatic carbocycles. The number of fused-ring (bicyclic) bond motifs is 1. The van der Waals surface area contributed by atoms with Crippen molar-refractivity contribution in [2.45, 2.75) is 6.42 Å². The van der Waals surface area contributed by atoms with Gasteiger partial charge in [0.25, 0.3) is 5.91 Å². The van der Waals surface area contributed by atoms with E-state index < -0.39 is 5.97 Å². The summed E-state index contributed by atoms with van der Waals surface area (Å²) in [5.74, 6) is -0.801. The predicted molar refractivity (Wildman–Crippen MR) is 102 cm³/mol. The molecule has 2 heterocycles. The van der Waals surface area contributed by atoms with E-state index in [0.29, 0.717) is 18.5 Å². The molecule has 0 spiro atoms. The number of amides is 1. The molecule has 0 aliphatic carbocycles. The van der Waals surface area contributed by atoms with Crippen LogP contribution in [0.4, 0.5) is 0 Å². The van der Waals surface area contributed by atoms with Gasteiger partial charge in [-0.05, 0) is 23.6 Å². The lowest BCUT2D eigenvalue weighted by molar-refractivity contribution is -0.134. The zero-order chi connectivity index (χ0) is 18.6. The van der Waals surface area contributed by atoms with E-state index in [-0.39, 0.29) is 18.2 Å². The first-order valence-corrected chi connectivity index (χ1v) is 8.85. The fraction of sp³-hybridized carbons (Fsp3) is 0.190. The SMILES string of the molecule is O=C(OCC(=O)N1CC=C(c2ccccc2)CC1)c1n[nH]c2ccccc12. The van der Waals surface area contributed by atoms with Gasteiger partial charge in [-0.25, -0.2) is 4.79 Å². The summed E-state index contributed by atoms with van der Waals surface area (Å²) in [5, 5.41) is 7.47. The van der Waals surface area contributed by atoms with Crippen molar-refractivity contribution in [2.75, 3.05) is 19.7 Å². The molecular formula is C21H19N3O3. The van der Waals surface area contributed by atoms with Crippen molar-refractivity contribution in [2.24, 2.45) is 0 Å². The maximum absolute atomic E-state index is 12.4. The van der Waals surface area contributed by atoms with Crippen molar-refractivity contribution in [3.63, 3.8) is 0 Å². The Kier molecular flexibility index (Phi) is 4.70. The van der Waals surface area contributed by atoms with Crippen molar-refractivity contribution >= 4 is 28.4 Å². The highest BCUT2D eigenvalue weighted by molar-refractivity contribution is 6.02. The number of para-hydroxylation sites is 1. The highest BCUT2D eigenvalue weighted by atomic mass is 16.5. The zero-order valence-electron chi connectivity index (χ0n) is 14.7. The van der Waals surface area contributed by atoms with Crippen molar-refractivity contribution in [3.05, 3.63) is 71.9 Å². The van der Waals surface area contributed by atoms with E-state index >= 15 is 0 Å². The van der Waals surface area contributed by atoms with Gasteiger partial charge >= 0.3 is 5.97 Å². The number of benzene rings is 2. The van der Waals surface area contributed by atoms with Crippen LogP contribution in [0.5, 0.6) is 0 Å². The van der Waals surface area contributed by atoms with Gasteiger partial charge in [-0.3, -0.25) is 9.89 Å². The van der Waals surface area contributed by atoms with Crippen LogP contribution in [0.3, 0.4) is 0 Å². The molecule has 0 saturated carbocycles. The van der Waals surface area contributed by atoms with E-state index in [0.717, 1.165) is 11.9 Å². The molecule has 0 unspecified atom stereocenters. The summed E-state index contributed by atoms with van der Waals surface area (Å²) in [4.78, 5) is 26.3. The molecule has 0 radical (unpaired) electrons. The Labute approximate surface area is 156 Å². The van der Waals surface area contributed by atoms with Gasteiger partial charge in [-0.2, -0.15) is 5.10 Å². The van der Waals surface area contributed by atoms with E-state index in [1.807, 2.05) is 36.4 Å². The molecule has 136 valence electrons. The molecule has 6 nitrogen and oxygen atoms in total. The van der Waals surface area contributed by atoms with Crippen molar-refractivity contribution < 1.29 is 14.3 Å². The van der Waals surface area contributed by atoms with Gasteiger partial charge in [0.05, 0.1) is 5.52 Å². The molecule has 6 heteroatoms. The van der Waals surface area contributed by atoms with Gasteiger partial charge in [0.2, 0.25) is 0 Å². The number of H-pyrrole nitrogens is 1. The third-order valence-corrected chi connectivity index (χ3v) is 4.70. The summed E-state index contributed by atoms with van der Waals surface area (Å²) in [6, 6.07) is 17.4. The highest BCUT2D eigenvalue weighted by Gasteiger charge is 2.21. The number of rotatable bonds is 4. The quantitative estimate of drug-likeness (QED) is 0.725. The first-order chi connectivity index (χ1) is 13.2. The number of aromatic amines is 1. The standard InChI is InChI=1S/C21H19N3O3/c25-19(24-12-10-16(11-13-24)15-6-2-1-3-7-15)14-27-21(26)20-17-8-4-5-9-18(17)22-23-20/h1-10H,11-14H2,(H,22,23). The molecule has 0 saturated heterocycles. The summed E-state index contributed by atoms with van der Waals surface area (Å²) in [7, 11) is 0. The lowest BCUT2D eigenvalue weighted by Gasteiger charge is -2.26. The number of esters is 1. The van der Waals surface area contributed by atoms with E-state index in [2.05, 4.69) is 28.4 Å². The van der Waals surface area contributed by atoms with Crippen LogP contribution in [0.25, 0.3) is 16.5 Å². The fourth-order valence-electron chi connectivity index (χ4n) is 3.22. The van der Waals surface area contributed by atoms with Crippen LogP contribution in [-0.4, -0.2) is 46.7 Å². The minimum atomic E-state index is -0.599. The Balaban J connectivity index is 1.35. The third kappa shape index (κ3) is 3.60. The summed E-state index contributed by atoms with van der Waals surface area (Å²) in [6.45, 7) is 0.850. The Morgan fingerprint density at radius 3 is 2.63 bits per heavy atom. The van der Waals surface area contributed by atoms with E-state index in [9.17, 15) is 9.59 Å². The number of carbonyl (C=O) groups excluding carboxylic acids is 2. The maximum atomic E-state index is 12.4. The molecular weight excluding hydrogens is 342 g/mol. The lowest BCUT2D eigenvalue weighted by Crippen LogP contribution is -2.37. The van der Waals surface area contributed by atoms with Crippen LogP contribution in [0.1, 0.15) is 22.5 Å². The van der Waals surface area contributed by atoms with Crippen LogP contribution in [0.15, 0.2) is 60.7 Å². The number of hydrogen-bond donors (Lipinski definition) is 1. The number of carbonyl (C=O) groups is 2. The van der Waals surface area contributed by atoms with Gasteiger partial charge in [0.15, 0.2) is 12.3 Å². The number of hydrogen-bond acceptors (Lipinski definition) is 4. The van der Waals surface area contributed by atoms with Crippen LogP contribution in [-0.2, 0) is 9.53 Å². The Hall–Kier alpha value is -3.41. The minimum absolute atomic E-state index is 0.198. The molecule has 1 aromatic heterocycles. The average molecular weight is 361 g/mol. The first-order valence-electron chi connectivity index (χ1n) is 8.85. The molecule has 1 amide bonds. The Bertz CT molecular complexity index is 1010. The molecule has 27 heavy (non-hydrogen) atoms. The van der Waals surface area contributed by atoms with Gasteiger partial charge in [0, 0.05) is 18.5 Å². The molecule has 4 rings (SSSR count). The predicted octanol–water partition coefficient (Wildman–Crippen LogP) is 3.04. The van der Waals surface area contributed by atoms with Gasteiger partial charge in [0.1, 0.15) is 0 Å². The van der Waals surface area contributed by atoms with Gasteiger partial charge in [-0.15, -0.1) is 0 Å². The smallest absolute Gasteiger partial charge is 0.359 e. The Morgan fingerprint density at radius 1 is 1.07 bits per heavy atom. The zero-order valence-corrected chi connectivity index (χ0v) is 14.7. The fourth-order valence-corrected chi connectivity index (χ4v) is 3.22. The van der Waals surface area contributed by atoms with Crippen molar-refractivity contribution in [1.29, 1.82) is 0 Å². The largest absolute Gasteiger partial charge is 0.451 e. The summed E-state index contributed by atoms with van der Waals surface area (Å²) in [6.07, 6.45) is 2.84. The monoisotopic (exact) mass is 361 g/mol. The first kappa shape index (κ1) is 17.0. The van der Waals surface area contributed by atoms with E-state index in [4.69, 9.17) is 4.74 Å². The van der Waals surface area contributed by atoms with Crippen molar-refractivity contribution in [1.82, 2.24) is 15.1 Å². The number of nitrogens with zero attached hydrogens (tertiary/aromatic N) is 2. The normalized spacial score (nSPS) is 14.1. The lowest BCUT2D eigenvalue weighted by atomic mass is 10.00. The molecule has 1 N–H and O–H groups in total. The molecule has 0 fully saturated rings. The summed E-state index contributed by atoms with van der Waals surface area (Å²) in [5.41, 5.74) is 3.37. The van der Waals surface area contributed by atoms with Crippen LogP contribution >= 0.6 is 0 Å². The molecule has 1 aliphatic heterocycles. The number of aromatic nitrogens is 2. The Morgan fingerprint density at radius 2 is 1.85 bits per heavy atom. The summed E-state index contributed by atoms with van der Waals surface area (Å²) < 4.78 is 5.19. The number of ether oxygens (including phenoxy) is 1. The van der Waals surface area contributed by atoms with Gasteiger partial charge in [-0.1, -0.05) is 54.6 Å². The molecule has 1 aliphatic rings. The second kappa shape index (κ2) is 7.45. The molecule has 0 bridgehead atoms. The summed E-state index contributed by atoms with van der Waals surface area (Å²) >= 11 is 0. The van der Waals surface area contributed by atoms with Crippen molar-refractivity contribution in [3.8, 4) is 0 Å². The van der Waals surface area contributed by atoms with Crippen LogP contribution in [0, 0.1) is 0 Å². The number of nitrogens with one attached hydrogen (secondary N) is 1. The second-order valence-corrected chi connectivity index (χ2v) is 6.38. The average Bonchev–Trinajstić information content (AvgIpc) is 3.17. The second-order valence-electron chi connectivity index (χ2n) is 6.38. The van der Waals surface area contributed by atoms with Gasteiger partial charge < -0.3 is 9.64 Å². The van der Waals surface area contributed by atoms with E-state index in [1.165, 1.54) is 11.1 Å². The molecule has 3 aromatic rings. The van der Waals surface area contributed by atoms with Crippen LogP contribution < -0.4 is 0 Å². The maximum Gasteiger partial charge on any atom is 0.359 e. The highest BCUT2D eigenvalue weighted by Crippen LogP contribution is 2.22. The minimum Gasteiger partial charge on any atom is -0.451 e. The third-order valence-electron chi connectivity index (χ3n) is 4.70.